The van der Waals surface area contributed by atoms with E-state index < -0.39 is 12.1 Å². The monoisotopic (exact) mass is 323 g/mol. The van der Waals surface area contributed by atoms with Crippen LogP contribution >= 0.6 is 11.8 Å². The zero-order chi connectivity index (χ0) is 16.7. The van der Waals surface area contributed by atoms with Gasteiger partial charge in [-0.15, -0.1) is 0 Å². The van der Waals surface area contributed by atoms with Gasteiger partial charge in [-0.1, -0.05) is 26.0 Å². The van der Waals surface area contributed by atoms with Crippen LogP contribution in [-0.4, -0.2) is 37.0 Å². The van der Waals surface area contributed by atoms with E-state index in [0.29, 0.717) is 12.3 Å². The first-order valence-electron chi connectivity index (χ1n) is 7.29. The smallest absolute Gasteiger partial charge is 0.312 e. The van der Waals surface area contributed by atoms with Crippen molar-refractivity contribution in [3.63, 3.8) is 0 Å². The van der Waals surface area contributed by atoms with Gasteiger partial charge in [0.15, 0.2) is 0 Å². The van der Waals surface area contributed by atoms with Crippen LogP contribution in [0.2, 0.25) is 0 Å². The highest BCUT2D eigenvalue weighted by Crippen LogP contribution is 2.21. The third-order valence-corrected chi connectivity index (χ3v) is 4.12. The molecule has 0 aromatic heterocycles. The number of thioether (sulfide) groups is 1. The van der Waals surface area contributed by atoms with Gasteiger partial charge in [-0.3, -0.25) is 4.79 Å². The van der Waals surface area contributed by atoms with Crippen molar-refractivity contribution in [1.29, 1.82) is 0 Å². The molecule has 1 rings (SSSR count). The maximum absolute atomic E-state index is 12.6. The van der Waals surface area contributed by atoms with Gasteiger partial charge < -0.3 is 16.0 Å². The predicted octanol–water partition coefficient (Wildman–Crippen LogP) is 2.56. The average Bonchev–Trinajstić information content (AvgIpc) is 2.49. The third-order valence-electron chi connectivity index (χ3n) is 3.48. The molecule has 0 fully saturated rings. The molecule has 3 amide bonds. The number of hydrogen-bond acceptors (Lipinski definition) is 3. The Morgan fingerprint density at radius 2 is 2.05 bits per heavy atom. The molecule has 6 heteroatoms. The Hall–Kier alpha value is -1.69. The van der Waals surface area contributed by atoms with Crippen LogP contribution in [-0.2, 0) is 4.79 Å². The lowest BCUT2D eigenvalue weighted by molar-refractivity contribution is -0.120. The summed E-state index contributed by atoms with van der Waals surface area (Å²) in [6.45, 7) is 4.22. The molecule has 0 spiro atoms. The normalized spacial score (nSPS) is 12.0. The van der Waals surface area contributed by atoms with E-state index in [1.54, 1.807) is 23.7 Å². The largest absolute Gasteiger partial charge is 0.352 e. The third kappa shape index (κ3) is 5.26. The van der Waals surface area contributed by atoms with Gasteiger partial charge in [0.05, 0.1) is 0 Å². The fraction of sp³-hybridized carbons (Fsp3) is 0.500. The SMILES string of the molecule is CSCCC(NC(N)=O)C(=O)N(C)c1cccc(C(C)C)c1. The van der Waals surface area contributed by atoms with Crippen molar-refractivity contribution in [2.24, 2.45) is 5.73 Å². The van der Waals surface area contributed by atoms with Crippen LogP contribution in [0.4, 0.5) is 10.5 Å². The number of benzene rings is 1. The Balaban J connectivity index is 2.92. The average molecular weight is 323 g/mol. The van der Waals surface area contributed by atoms with Gasteiger partial charge in [0, 0.05) is 12.7 Å². The molecular weight excluding hydrogens is 298 g/mol. The number of primary amides is 1. The number of nitrogens with zero attached hydrogens (tertiary/aromatic N) is 1. The number of urea groups is 1. The first-order valence-corrected chi connectivity index (χ1v) is 8.68. The van der Waals surface area contributed by atoms with Crippen molar-refractivity contribution in [3.8, 4) is 0 Å². The van der Waals surface area contributed by atoms with Crippen LogP contribution in [0.1, 0.15) is 31.7 Å². The lowest BCUT2D eigenvalue weighted by Crippen LogP contribution is -2.49. The van der Waals surface area contributed by atoms with Crippen molar-refractivity contribution in [1.82, 2.24) is 5.32 Å². The molecule has 1 aromatic rings. The molecule has 1 aromatic carbocycles. The first kappa shape index (κ1) is 18.4. The van der Waals surface area contributed by atoms with Gasteiger partial charge >= 0.3 is 6.03 Å². The molecule has 1 unspecified atom stereocenters. The van der Waals surface area contributed by atoms with Crippen LogP contribution in [0, 0.1) is 0 Å². The molecule has 0 aliphatic carbocycles. The number of rotatable bonds is 7. The van der Waals surface area contributed by atoms with Crippen molar-refractivity contribution < 1.29 is 9.59 Å². The van der Waals surface area contributed by atoms with Crippen LogP contribution in [0.15, 0.2) is 24.3 Å². The Morgan fingerprint density at radius 1 is 1.36 bits per heavy atom. The molecule has 0 saturated heterocycles. The van der Waals surface area contributed by atoms with Gasteiger partial charge in [-0.25, -0.2) is 4.79 Å². The maximum atomic E-state index is 12.6. The highest BCUT2D eigenvalue weighted by atomic mass is 32.2. The quantitative estimate of drug-likeness (QED) is 0.810. The number of carbonyl (C=O) groups excluding carboxylic acids is 2. The van der Waals surface area contributed by atoms with E-state index in [1.807, 2.05) is 30.5 Å². The molecule has 1 atom stereocenters. The van der Waals surface area contributed by atoms with Crippen LogP contribution in [0.5, 0.6) is 0 Å². The summed E-state index contributed by atoms with van der Waals surface area (Å²) in [5.41, 5.74) is 7.16. The molecule has 0 aliphatic rings. The number of hydrogen-bond donors (Lipinski definition) is 2. The summed E-state index contributed by atoms with van der Waals surface area (Å²) in [5, 5.41) is 2.54. The molecule has 0 heterocycles. The highest BCUT2D eigenvalue weighted by molar-refractivity contribution is 7.98. The molecule has 0 bridgehead atoms. The van der Waals surface area contributed by atoms with E-state index in [1.165, 1.54) is 5.56 Å². The molecule has 0 saturated carbocycles. The Morgan fingerprint density at radius 3 is 2.59 bits per heavy atom. The second-order valence-corrected chi connectivity index (χ2v) is 6.48. The molecule has 5 nitrogen and oxygen atoms in total. The second kappa shape index (κ2) is 8.68. The molecule has 0 aliphatic heterocycles. The lowest BCUT2D eigenvalue weighted by Gasteiger charge is -2.24. The van der Waals surface area contributed by atoms with Crippen molar-refractivity contribution in [3.05, 3.63) is 29.8 Å². The number of carbonyl (C=O) groups is 2. The fourth-order valence-corrected chi connectivity index (χ4v) is 2.59. The van der Waals surface area contributed by atoms with Gasteiger partial charge in [0.2, 0.25) is 5.91 Å². The minimum absolute atomic E-state index is 0.159. The van der Waals surface area contributed by atoms with Crippen LogP contribution in [0.3, 0.4) is 0 Å². The van der Waals surface area contributed by atoms with Crippen LogP contribution in [0.25, 0.3) is 0 Å². The summed E-state index contributed by atoms with van der Waals surface area (Å²) >= 11 is 1.63. The number of amides is 3. The van der Waals surface area contributed by atoms with Crippen molar-refractivity contribution in [2.75, 3.05) is 24.0 Å². The fourth-order valence-electron chi connectivity index (χ4n) is 2.12. The Labute approximate surface area is 136 Å². The van der Waals surface area contributed by atoms with Gasteiger partial charge in [0.25, 0.3) is 0 Å². The van der Waals surface area contributed by atoms with Crippen LogP contribution < -0.4 is 16.0 Å². The van der Waals surface area contributed by atoms with E-state index in [4.69, 9.17) is 5.73 Å². The second-order valence-electron chi connectivity index (χ2n) is 5.49. The summed E-state index contributed by atoms with van der Waals surface area (Å²) in [5.74, 6) is 1.00. The first-order chi connectivity index (χ1) is 10.4. The topological polar surface area (TPSA) is 75.4 Å². The number of nitrogens with two attached hydrogens (primary N) is 1. The van der Waals surface area contributed by atoms with E-state index >= 15 is 0 Å². The molecule has 22 heavy (non-hydrogen) atoms. The van der Waals surface area contributed by atoms with Crippen molar-refractivity contribution in [2.45, 2.75) is 32.2 Å². The van der Waals surface area contributed by atoms with E-state index in [0.717, 1.165) is 11.4 Å². The molecular formula is C16H25N3O2S. The van der Waals surface area contributed by atoms with Gasteiger partial charge in [-0.05, 0) is 42.0 Å². The lowest BCUT2D eigenvalue weighted by atomic mass is 10.0. The number of likely N-dealkylation sites (N-methyl/N-ethyl adjacent to an activating group) is 1. The van der Waals surface area contributed by atoms with E-state index in [2.05, 4.69) is 19.2 Å². The van der Waals surface area contributed by atoms with Gasteiger partial charge in [-0.2, -0.15) is 11.8 Å². The summed E-state index contributed by atoms with van der Waals surface area (Å²) in [6, 6.07) is 6.59. The Bertz CT molecular complexity index is 520. The zero-order valence-electron chi connectivity index (χ0n) is 13.6. The summed E-state index contributed by atoms with van der Waals surface area (Å²) in [6.07, 6.45) is 2.51. The number of anilines is 1. The summed E-state index contributed by atoms with van der Waals surface area (Å²) in [4.78, 5) is 25.3. The Kier molecular flexibility index (Phi) is 7.24. The highest BCUT2D eigenvalue weighted by Gasteiger charge is 2.24. The van der Waals surface area contributed by atoms with E-state index in [9.17, 15) is 9.59 Å². The van der Waals surface area contributed by atoms with Gasteiger partial charge in [0.1, 0.15) is 6.04 Å². The number of nitrogens with one attached hydrogen (secondary N) is 1. The minimum Gasteiger partial charge on any atom is -0.352 e. The summed E-state index contributed by atoms with van der Waals surface area (Å²) < 4.78 is 0. The standard InChI is InChI=1S/C16H25N3O2S/c1-11(2)12-6-5-7-13(10-12)19(3)15(20)14(8-9-22-4)18-16(17)21/h5-7,10-11,14H,8-9H2,1-4H3,(H3,17,18,21). The molecule has 0 radical (unpaired) electrons. The zero-order valence-corrected chi connectivity index (χ0v) is 14.4. The van der Waals surface area contributed by atoms with Crippen molar-refractivity contribution >= 4 is 29.4 Å². The predicted molar refractivity (Wildman–Crippen MR) is 93.4 cm³/mol. The summed E-state index contributed by atoms with van der Waals surface area (Å²) in [7, 11) is 1.72. The minimum atomic E-state index is -0.677. The molecule has 3 N–H and O–H groups in total. The van der Waals surface area contributed by atoms with E-state index in [-0.39, 0.29) is 5.91 Å². The maximum Gasteiger partial charge on any atom is 0.312 e. The molecule has 122 valence electrons.